The monoisotopic (exact) mass is 449 g/mol. The van der Waals surface area contributed by atoms with Gasteiger partial charge in [-0.3, -0.25) is 9.80 Å². The van der Waals surface area contributed by atoms with Gasteiger partial charge >= 0.3 is 6.03 Å². The van der Waals surface area contributed by atoms with Crippen molar-refractivity contribution in [1.29, 1.82) is 0 Å². The predicted octanol–water partition coefficient (Wildman–Crippen LogP) is 3.16. The summed E-state index contributed by atoms with van der Waals surface area (Å²) >= 11 is 0. The van der Waals surface area contributed by atoms with E-state index in [2.05, 4.69) is 86.0 Å². The van der Waals surface area contributed by atoms with Crippen molar-refractivity contribution in [3.05, 3.63) is 71.8 Å². The van der Waals surface area contributed by atoms with Gasteiger partial charge < -0.3 is 15.5 Å². The van der Waals surface area contributed by atoms with Crippen molar-refractivity contribution in [3.8, 4) is 0 Å². The number of piperidine rings is 1. The third-order valence-electron chi connectivity index (χ3n) is 6.82. The molecule has 2 N–H and O–H groups in total. The summed E-state index contributed by atoms with van der Waals surface area (Å²) in [4.78, 5) is 19.8. The van der Waals surface area contributed by atoms with Gasteiger partial charge in [0.2, 0.25) is 0 Å². The number of likely N-dealkylation sites (tertiary alicyclic amines) is 1. The van der Waals surface area contributed by atoms with Crippen LogP contribution in [0.25, 0.3) is 0 Å². The first-order chi connectivity index (χ1) is 16.2. The standard InChI is InChI=1S/C27H39N5O/c33-27(29-26-12-16-31(17-13-26)22-24-8-3-1-4-9-24)28-14-7-15-30-18-20-32(21-19-30)23-25-10-5-2-6-11-25/h1-6,8-11,26H,7,12-23H2,(H2,28,29,33). The van der Waals surface area contributed by atoms with Crippen molar-refractivity contribution in [2.45, 2.75) is 38.4 Å². The largest absolute Gasteiger partial charge is 0.338 e. The van der Waals surface area contributed by atoms with Crippen LogP contribution >= 0.6 is 0 Å². The lowest BCUT2D eigenvalue weighted by molar-refractivity contribution is 0.126. The van der Waals surface area contributed by atoms with E-state index in [0.717, 1.165) is 84.7 Å². The minimum absolute atomic E-state index is 0.0100. The maximum Gasteiger partial charge on any atom is 0.315 e. The quantitative estimate of drug-likeness (QED) is 0.578. The van der Waals surface area contributed by atoms with Gasteiger partial charge in [-0.2, -0.15) is 0 Å². The van der Waals surface area contributed by atoms with Gasteiger partial charge in [0.15, 0.2) is 0 Å². The Kier molecular flexibility index (Phi) is 9.16. The molecule has 178 valence electrons. The van der Waals surface area contributed by atoms with E-state index < -0.39 is 0 Å². The number of hydrogen-bond acceptors (Lipinski definition) is 4. The van der Waals surface area contributed by atoms with E-state index in [9.17, 15) is 4.79 Å². The summed E-state index contributed by atoms with van der Waals surface area (Å²) in [5.74, 6) is 0. The van der Waals surface area contributed by atoms with Crippen LogP contribution < -0.4 is 10.6 Å². The van der Waals surface area contributed by atoms with Crippen LogP contribution in [0.3, 0.4) is 0 Å². The summed E-state index contributed by atoms with van der Waals surface area (Å²) in [7, 11) is 0. The topological polar surface area (TPSA) is 50.9 Å². The molecule has 2 aromatic rings. The number of nitrogens with one attached hydrogen (secondary N) is 2. The van der Waals surface area contributed by atoms with E-state index in [0.29, 0.717) is 0 Å². The molecule has 0 radical (unpaired) electrons. The second-order valence-corrected chi connectivity index (χ2v) is 9.39. The summed E-state index contributed by atoms with van der Waals surface area (Å²) in [5, 5.41) is 6.23. The molecule has 0 spiro atoms. The van der Waals surface area contributed by atoms with Crippen LogP contribution in [0.4, 0.5) is 4.79 Å². The molecule has 0 aliphatic carbocycles. The fourth-order valence-electron chi connectivity index (χ4n) is 4.83. The Labute approximate surface area is 198 Å². The van der Waals surface area contributed by atoms with E-state index in [1.54, 1.807) is 0 Å². The lowest BCUT2D eigenvalue weighted by Gasteiger charge is -2.34. The first-order valence-corrected chi connectivity index (χ1v) is 12.5. The van der Waals surface area contributed by atoms with Gasteiger partial charge in [-0.05, 0) is 36.9 Å². The smallest absolute Gasteiger partial charge is 0.315 e. The Morgan fingerprint density at radius 1 is 0.727 bits per heavy atom. The van der Waals surface area contributed by atoms with Crippen LogP contribution in [0.1, 0.15) is 30.4 Å². The summed E-state index contributed by atoms with van der Waals surface area (Å²) in [6, 6.07) is 21.6. The van der Waals surface area contributed by atoms with Crippen LogP contribution in [0.5, 0.6) is 0 Å². The first-order valence-electron chi connectivity index (χ1n) is 12.5. The number of nitrogens with zero attached hydrogens (tertiary/aromatic N) is 3. The lowest BCUT2D eigenvalue weighted by Crippen LogP contribution is -2.48. The van der Waals surface area contributed by atoms with Gasteiger partial charge in [0.25, 0.3) is 0 Å². The van der Waals surface area contributed by atoms with E-state index in [1.165, 1.54) is 11.1 Å². The molecular formula is C27H39N5O. The second-order valence-electron chi connectivity index (χ2n) is 9.39. The number of hydrogen-bond donors (Lipinski definition) is 2. The SMILES string of the molecule is O=C(NCCCN1CCN(Cc2ccccc2)CC1)NC1CCN(Cc2ccccc2)CC1. The number of carbonyl (C=O) groups excluding carboxylic acids is 1. The number of urea groups is 1. The minimum atomic E-state index is -0.0100. The Balaban J connectivity index is 1.03. The van der Waals surface area contributed by atoms with Crippen molar-refractivity contribution >= 4 is 6.03 Å². The average Bonchev–Trinajstić information content (AvgIpc) is 2.85. The van der Waals surface area contributed by atoms with Crippen molar-refractivity contribution in [3.63, 3.8) is 0 Å². The number of amides is 2. The number of rotatable bonds is 9. The second kappa shape index (κ2) is 12.7. The fourth-order valence-corrected chi connectivity index (χ4v) is 4.83. The molecule has 4 rings (SSSR count). The van der Waals surface area contributed by atoms with Gasteiger partial charge in [-0.25, -0.2) is 4.79 Å². The van der Waals surface area contributed by atoms with Crippen molar-refractivity contribution in [1.82, 2.24) is 25.3 Å². The molecule has 0 atom stereocenters. The Hall–Kier alpha value is -2.41. The highest BCUT2D eigenvalue weighted by Gasteiger charge is 2.21. The van der Waals surface area contributed by atoms with E-state index in [1.807, 2.05) is 0 Å². The summed E-state index contributed by atoms with van der Waals surface area (Å²) < 4.78 is 0. The maximum absolute atomic E-state index is 12.3. The highest BCUT2D eigenvalue weighted by molar-refractivity contribution is 5.74. The van der Waals surface area contributed by atoms with Crippen LogP contribution in [-0.4, -0.2) is 79.1 Å². The summed E-state index contributed by atoms with van der Waals surface area (Å²) in [6.45, 7) is 10.4. The molecule has 0 saturated carbocycles. The molecule has 6 nitrogen and oxygen atoms in total. The van der Waals surface area contributed by atoms with Gasteiger partial charge in [-0.1, -0.05) is 60.7 Å². The van der Waals surface area contributed by atoms with E-state index in [-0.39, 0.29) is 12.1 Å². The third kappa shape index (κ3) is 8.14. The summed E-state index contributed by atoms with van der Waals surface area (Å²) in [5.41, 5.74) is 2.75. The molecule has 6 heteroatoms. The summed E-state index contributed by atoms with van der Waals surface area (Å²) in [6.07, 6.45) is 3.04. The first kappa shape index (κ1) is 23.7. The molecular weight excluding hydrogens is 410 g/mol. The molecule has 33 heavy (non-hydrogen) atoms. The lowest BCUT2D eigenvalue weighted by atomic mass is 10.0. The Morgan fingerprint density at radius 2 is 1.24 bits per heavy atom. The van der Waals surface area contributed by atoms with Gasteiger partial charge in [0.1, 0.15) is 0 Å². The van der Waals surface area contributed by atoms with Crippen molar-refractivity contribution < 1.29 is 4.79 Å². The number of carbonyl (C=O) groups is 1. The van der Waals surface area contributed by atoms with Crippen molar-refractivity contribution in [2.75, 3.05) is 52.4 Å². The Morgan fingerprint density at radius 3 is 1.82 bits per heavy atom. The van der Waals surface area contributed by atoms with Gasteiger partial charge in [0, 0.05) is 64.9 Å². The van der Waals surface area contributed by atoms with E-state index in [4.69, 9.17) is 0 Å². The van der Waals surface area contributed by atoms with Crippen LogP contribution in [0.2, 0.25) is 0 Å². The number of piperazine rings is 1. The molecule has 0 unspecified atom stereocenters. The Bertz CT molecular complexity index is 815. The zero-order valence-electron chi connectivity index (χ0n) is 19.8. The normalized spacial score (nSPS) is 18.8. The van der Waals surface area contributed by atoms with Crippen LogP contribution in [-0.2, 0) is 13.1 Å². The molecule has 2 fully saturated rings. The maximum atomic E-state index is 12.3. The predicted molar refractivity (Wildman–Crippen MR) is 134 cm³/mol. The minimum Gasteiger partial charge on any atom is -0.338 e. The number of benzene rings is 2. The molecule has 2 heterocycles. The van der Waals surface area contributed by atoms with Gasteiger partial charge in [0.05, 0.1) is 0 Å². The van der Waals surface area contributed by atoms with Crippen LogP contribution in [0.15, 0.2) is 60.7 Å². The van der Waals surface area contributed by atoms with Gasteiger partial charge in [-0.15, -0.1) is 0 Å². The van der Waals surface area contributed by atoms with E-state index >= 15 is 0 Å². The molecule has 0 aromatic heterocycles. The highest BCUT2D eigenvalue weighted by Crippen LogP contribution is 2.14. The highest BCUT2D eigenvalue weighted by atomic mass is 16.2. The fraction of sp³-hybridized carbons (Fsp3) is 0.519. The zero-order chi connectivity index (χ0) is 22.7. The molecule has 2 saturated heterocycles. The third-order valence-corrected chi connectivity index (χ3v) is 6.82. The average molecular weight is 450 g/mol. The zero-order valence-corrected chi connectivity index (χ0v) is 19.8. The molecule has 2 aliphatic heterocycles. The molecule has 2 aliphatic rings. The molecule has 2 amide bonds. The molecule has 2 aromatic carbocycles. The van der Waals surface area contributed by atoms with Crippen LogP contribution in [0, 0.1) is 0 Å². The molecule has 0 bridgehead atoms. The van der Waals surface area contributed by atoms with Crippen molar-refractivity contribution in [2.24, 2.45) is 0 Å².